The summed E-state index contributed by atoms with van der Waals surface area (Å²) in [5.74, 6) is 2.26. The van der Waals surface area contributed by atoms with Crippen molar-refractivity contribution in [1.29, 1.82) is 0 Å². The predicted octanol–water partition coefficient (Wildman–Crippen LogP) is 3.26. The van der Waals surface area contributed by atoms with Crippen LogP contribution < -0.4 is 20.1 Å². The van der Waals surface area contributed by atoms with Gasteiger partial charge in [0, 0.05) is 13.6 Å². The number of fused-ring (bicyclic) bond motifs is 2. The Kier molecular flexibility index (Phi) is 6.20. The summed E-state index contributed by atoms with van der Waals surface area (Å²) in [4.78, 5) is 4.36. The van der Waals surface area contributed by atoms with E-state index in [1.165, 1.54) is 6.42 Å². The summed E-state index contributed by atoms with van der Waals surface area (Å²) in [6, 6.07) is 16.5. The van der Waals surface area contributed by atoms with Gasteiger partial charge in [0.1, 0.15) is 6.61 Å². The number of benzene rings is 2. The van der Waals surface area contributed by atoms with Crippen molar-refractivity contribution >= 4 is 5.96 Å². The molecule has 0 radical (unpaired) electrons. The van der Waals surface area contributed by atoms with Gasteiger partial charge < -0.3 is 24.8 Å². The molecule has 2 fully saturated rings. The molecule has 4 rings (SSSR count). The Hall–Kier alpha value is -2.73. The van der Waals surface area contributed by atoms with Gasteiger partial charge in [-0.25, -0.2) is 0 Å². The number of nitrogens with zero attached hydrogens (tertiary/aromatic N) is 1. The molecule has 0 amide bonds. The zero-order valence-electron chi connectivity index (χ0n) is 17.1. The summed E-state index contributed by atoms with van der Waals surface area (Å²) in [5, 5.41) is 6.89. The molecule has 2 bridgehead atoms. The molecular formula is C23H29N3O3. The maximum atomic E-state index is 5.94. The quantitative estimate of drug-likeness (QED) is 0.557. The Labute approximate surface area is 172 Å². The predicted molar refractivity (Wildman–Crippen MR) is 113 cm³/mol. The molecule has 2 saturated heterocycles. The molecule has 2 aromatic rings. The second-order valence-corrected chi connectivity index (χ2v) is 7.55. The average Bonchev–Trinajstić information content (AvgIpc) is 3.39. The standard InChI is InChI=1S/C23H29N3O3/c1-24-23(26-19-13-18-9-11-20(19)29-18)25-14-17-8-10-21(22(12-17)27-2)28-15-16-6-4-3-5-7-16/h3-8,10,12,18-20H,9,11,13-15H2,1-2H3,(H2,24,25,26). The van der Waals surface area contributed by atoms with Gasteiger partial charge in [-0.2, -0.15) is 0 Å². The van der Waals surface area contributed by atoms with Gasteiger partial charge in [0.05, 0.1) is 25.4 Å². The summed E-state index contributed by atoms with van der Waals surface area (Å²) >= 11 is 0. The van der Waals surface area contributed by atoms with E-state index >= 15 is 0 Å². The third-order valence-electron chi connectivity index (χ3n) is 5.58. The van der Waals surface area contributed by atoms with Gasteiger partial charge in [-0.3, -0.25) is 4.99 Å². The minimum absolute atomic E-state index is 0.319. The number of nitrogens with one attached hydrogen (secondary N) is 2. The molecule has 6 nitrogen and oxygen atoms in total. The van der Waals surface area contributed by atoms with Crippen LogP contribution in [0.5, 0.6) is 11.5 Å². The SMILES string of the molecule is CN=C(NCc1ccc(OCc2ccccc2)c(OC)c1)NC1CC2CCC1O2. The molecule has 2 N–H and O–H groups in total. The molecule has 2 heterocycles. The highest BCUT2D eigenvalue weighted by molar-refractivity contribution is 5.80. The normalized spacial score (nSPS) is 23.1. The second-order valence-electron chi connectivity index (χ2n) is 7.55. The van der Waals surface area contributed by atoms with Gasteiger partial charge in [0.15, 0.2) is 17.5 Å². The van der Waals surface area contributed by atoms with Crippen molar-refractivity contribution in [2.45, 2.75) is 50.7 Å². The Morgan fingerprint density at radius 2 is 1.97 bits per heavy atom. The largest absolute Gasteiger partial charge is 0.493 e. The fourth-order valence-corrected chi connectivity index (χ4v) is 4.02. The van der Waals surface area contributed by atoms with Crippen LogP contribution in [0, 0.1) is 0 Å². The first-order valence-corrected chi connectivity index (χ1v) is 10.2. The lowest BCUT2D eigenvalue weighted by molar-refractivity contribution is 0.0992. The van der Waals surface area contributed by atoms with E-state index in [-0.39, 0.29) is 0 Å². The summed E-state index contributed by atoms with van der Waals surface area (Å²) < 4.78 is 17.4. The van der Waals surface area contributed by atoms with Gasteiger partial charge in [0.25, 0.3) is 0 Å². The maximum Gasteiger partial charge on any atom is 0.191 e. The molecule has 0 aromatic heterocycles. The first kappa shape index (κ1) is 19.6. The molecule has 154 valence electrons. The topological polar surface area (TPSA) is 64.1 Å². The van der Waals surface area contributed by atoms with Gasteiger partial charge in [-0.05, 0) is 42.5 Å². The van der Waals surface area contributed by atoms with Crippen LogP contribution in [-0.4, -0.2) is 38.4 Å². The maximum absolute atomic E-state index is 5.94. The lowest BCUT2D eigenvalue weighted by Gasteiger charge is -2.22. The minimum atomic E-state index is 0.319. The van der Waals surface area contributed by atoms with Crippen LogP contribution in [0.3, 0.4) is 0 Å². The van der Waals surface area contributed by atoms with E-state index in [1.807, 2.05) is 48.5 Å². The highest BCUT2D eigenvalue weighted by Crippen LogP contribution is 2.34. The van der Waals surface area contributed by atoms with E-state index < -0.39 is 0 Å². The first-order chi connectivity index (χ1) is 14.2. The third-order valence-corrected chi connectivity index (χ3v) is 5.58. The lowest BCUT2D eigenvalue weighted by Crippen LogP contribution is -2.47. The van der Waals surface area contributed by atoms with E-state index in [4.69, 9.17) is 14.2 Å². The van der Waals surface area contributed by atoms with Crippen molar-refractivity contribution in [3.05, 3.63) is 59.7 Å². The number of hydrogen-bond donors (Lipinski definition) is 2. The second kappa shape index (κ2) is 9.18. The van der Waals surface area contributed by atoms with Crippen molar-refractivity contribution in [3.8, 4) is 11.5 Å². The first-order valence-electron chi connectivity index (χ1n) is 10.2. The molecule has 0 aliphatic carbocycles. The number of rotatable bonds is 7. The average molecular weight is 396 g/mol. The van der Waals surface area contributed by atoms with Crippen LogP contribution in [0.4, 0.5) is 0 Å². The highest BCUT2D eigenvalue weighted by Gasteiger charge is 2.41. The summed E-state index contributed by atoms with van der Waals surface area (Å²) in [7, 11) is 3.46. The van der Waals surface area contributed by atoms with Crippen LogP contribution in [0.2, 0.25) is 0 Å². The van der Waals surface area contributed by atoms with E-state index in [0.29, 0.717) is 31.4 Å². The van der Waals surface area contributed by atoms with Crippen LogP contribution in [0.15, 0.2) is 53.5 Å². The molecule has 2 aromatic carbocycles. The number of guanidine groups is 1. The van der Waals surface area contributed by atoms with E-state index in [2.05, 4.69) is 15.6 Å². The number of aliphatic imine (C=N–C) groups is 1. The van der Waals surface area contributed by atoms with Crippen LogP contribution in [0.25, 0.3) is 0 Å². The third kappa shape index (κ3) is 4.82. The number of hydrogen-bond acceptors (Lipinski definition) is 4. The number of ether oxygens (including phenoxy) is 3. The summed E-state index contributed by atoms with van der Waals surface area (Å²) in [6.45, 7) is 1.16. The lowest BCUT2D eigenvalue weighted by atomic mass is 9.96. The Morgan fingerprint density at radius 1 is 1.10 bits per heavy atom. The van der Waals surface area contributed by atoms with Gasteiger partial charge in [0.2, 0.25) is 0 Å². The summed E-state index contributed by atoms with van der Waals surface area (Å²) in [6.07, 6.45) is 4.13. The van der Waals surface area contributed by atoms with Crippen LogP contribution in [0.1, 0.15) is 30.4 Å². The van der Waals surface area contributed by atoms with Crippen molar-refractivity contribution in [2.24, 2.45) is 4.99 Å². The fourth-order valence-electron chi connectivity index (χ4n) is 4.02. The molecule has 6 heteroatoms. The van der Waals surface area contributed by atoms with E-state index in [1.54, 1.807) is 14.2 Å². The molecule has 2 aliphatic rings. The monoisotopic (exact) mass is 395 g/mol. The number of methoxy groups -OCH3 is 1. The van der Waals surface area contributed by atoms with Crippen LogP contribution >= 0.6 is 0 Å². The zero-order valence-corrected chi connectivity index (χ0v) is 17.1. The molecule has 3 atom stereocenters. The molecule has 2 aliphatic heterocycles. The molecule has 3 unspecified atom stereocenters. The van der Waals surface area contributed by atoms with Gasteiger partial charge >= 0.3 is 0 Å². The van der Waals surface area contributed by atoms with E-state index in [9.17, 15) is 0 Å². The Balaban J connectivity index is 1.32. The highest BCUT2D eigenvalue weighted by atomic mass is 16.5. The molecular weight excluding hydrogens is 366 g/mol. The van der Waals surface area contributed by atoms with Gasteiger partial charge in [-0.1, -0.05) is 36.4 Å². The van der Waals surface area contributed by atoms with Crippen molar-refractivity contribution < 1.29 is 14.2 Å². The minimum Gasteiger partial charge on any atom is -0.493 e. The van der Waals surface area contributed by atoms with Crippen molar-refractivity contribution in [1.82, 2.24) is 10.6 Å². The Morgan fingerprint density at radius 3 is 2.66 bits per heavy atom. The molecule has 0 saturated carbocycles. The smallest absolute Gasteiger partial charge is 0.191 e. The molecule has 29 heavy (non-hydrogen) atoms. The Bertz CT molecular complexity index is 841. The summed E-state index contributed by atoms with van der Waals surface area (Å²) in [5.41, 5.74) is 2.22. The zero-order chi connectivity index (χ0) is 20.1. The van der Waals surface area contributed by atoms with Crippen molar-refractivity contribution in [3.63, 3.8) is 0 Å². The van der Waals surface area contributed by atoms with Crippen LogP contribution in [-0.2, 0) is 17.9 Å². The van der Waals surface area contributed by atoms with Gasteiger partial charge in [-0.15, -0.1) is 0 Å². The van der Waals surface area contributed by atoms with Crippen molar-refractivity contribution in [2.75, 3.05) is 14.2 Å². The van der Waals surface area contributed by atoms with E-state index in [0.717, 1.165) is 41.4 Å². The fraction of sp³-hybridized carbons (Fsp3) is 0.435. The molecule has 0 spiro atoms.